The molecule has 1 atom stereocenters. The van der Waals surface area contributed by atoms with E-state index in [2.05, 4.69) is 28.9 Å². The van der Waals surface area contributed by atoms with Crippen LogP contribution in [0.4, 0.5) is 0 Å². The van der Waals surface area contributed by atoms with Gasteiger partial charge in [0.1, 0.15) is 0 Å². The summed E-state index contributed by atoms with van der Waals surface area (Å²) in [5.41, 5.74) is 0.157. The molecule has 0 aromatic carbocycles. The van der Waals surface area contributed by atoms with Crippen molar-refractivity contribution in [2.45, 2.75) is 45.1 Å². The third-order valence-electron chi connectivity index (χ3n) is 3.75. The molecule has 1 nitrogen and oxygen atoms in total. The maximum Gasteiger partial charge on any atom is 0.0938 e. The van der Waals surface area contributed by atoms with Gasteiger partial charge in [-0.05, 0) is 47.3 Å². The predicted molar refractivity (Wildman–Crippen MR) is 68.2 cm³/mol. The minimum atomic E-state index is -0.263. The second kappa shape index (κ2) is 4.56. The molecular formula is C12H17BrOS. The van der Waals surface area contributed by atoms with Gasteiger partial charge in [0.05, 0.1) is 9.89 Å². The summed E-state index contributed by atoms with van der Waals surface area (Å²) < 4.78 is 1.11. The van der Waals surface area contributed by atoms with Crippen molar-refractivity contribution in [3.05, 3.63) is 20.8 Å². The molecule has 1 heterocycles. The molecule has 1 N–H and O–H groups in total. The Morgan fingerprint density at radius 3 is 2.60 bits per heavy atom. The predicted octanol–water partition coefficient (Wildman–Crippen LogP) is 4.51. The van der Waals surface area contributed by atoms with E-state index < -0.39 is 0 Å². The number of thiophene rings is 1. The Morgan fingerprint density at radius 1 is 1.47 bits per heavy atom. The molecule has 1 aliphatic rings. The molecule has 0 radical (unpaired) electrons. The van der Waals surface area contributed by atoms with Gasteiger partial charge in [0.25, 0.3) is 0 Å². The summed E-state index contributed by atoms with van der Waals surface area (Å²) in [6.07, 6.45) is 5.74. The first-order valence-electron chi connectivity index (χ1n) is 5.61. The lowest BCUT2D eigenvalue weighted by molar-refractivity contribution is 0.0265. The highest BCUT2D eigenvalue weighted by atomic mass is 79.9. The van der Waals surface area contributed by atoms with Crippen LogP contribution >= 0.6 is 27.3 Å². The molecular weight excluding hydrogens is 272 g/mol. The van der Waals surface area contributed by atoms with Crippen molar-refractivity contribution in [2.24, 2.45) is 5.41 Å². The topological polar surface area (TPSA) is 20.2 Å². The number of rotatable bonds is 3. The Balaban J connectivity index is 2.21. The van der Waals surface area contributed by atoms with Crippen LogP contribution in [0.15, 0.2) is 15.9 Å². The third-order valence-corrected chi connectivity index (χ3v) is 5.42. The summed E-state index contributed by atoms with van der Waals surface area (Å²) in [6.45, 7) is 2.21. The Kier molecular flexibility index (Phi) is 3.53. The van der Waals surface area contributed by atoms with Gasteiger partial charge in [-0.1, -0.05) is 19.8 Å². The van der Waals surface area contributed by atoms with Gasteiger partial charge in [0.15, 0.2) is 0 Å². The van der Waals surface area contributed by atoms with Crippen LogP contribution in [0.5, 0.6) is 0 Å². The molecule has 84 valence electrons. The molecule has 0 aliphatic heterocycles. The first-order chi connectivity index (χ1) is 7.18. The van der Waals surface area contributed by atoms with Crippen LogP contribution in [0.1, 0.15) is 50.0 Å². The van der Waals surface area contributed by atoms with Gasteiger partial charge in [0.2, 0.25) is 0 Å². The molecule has 3 heteroatoms. The van der Waals surface area contributed by atoms with Crippen molar-refractivity contribution >= 4 is 27.3 Å². The molecule has 1 aromatic rings. The van der Waals surface area contributed by atoms with Crippen molar-refractivity contribution in [3.8, 4) is 0 Å². The smallest absolute Gasteiger partial charge is 0.0938 e. The number of halogens is 1. The van der Waals surface area contributed by atoms with Gasteiger partial charge in [0, 0.05) is 10.3 Å². The van der Waals surface area contributed by atoms with E-state index in [0.29, 0.717) is 0 Å². The second-order valence-electron chi connectivity index (χ2n) is 4.47. The van der Waals surface area contributed by atoms with Gasteiger partial charge in [-0.15, -0.1) is 11.3 Å². The molecule has 0 saturated heterocycles. The molecule has 1 saturated carbocycles. The van der Waals surface area contributed by atoms with E-state index in [1.165, 1.54) is 25.7 Å². The van der Waals surface area contributed by atoms with Crippen LogP contribution in [0.2, 0.25) is 0 Å². The quantitative estimate of drug-likeness (QED) is 0.867. The van der Waals surface area contributed by atoms with E-state index in [4.69, 9.17) is 0 Å². The molecule has 0 spiro atoms. The Labute approximate surface area is 104 Å². The first-order valence-corrected chi connectivity index (χ1v) is 7.22. The third kappa shape index (κ3) is 2.15. The van der Waals surface area contributed by atoms with Crippen molar-refractivity contribution in [1.29, 1.82) is 0 Å². The Hall–Kier alpha value is 0.140. The zero-order chi connectivity index (χ0) is 10.9. The molecule has 1 aliphatic carbocycles. The molecule has 1 unspecified atom stereocenters. The van der Waals surface area contributed by atoms with Crippen molar-refractivity contribution in [1.82, 2.24) is 0 Å². The summed E-state index contributed by atoms with van der Waals surface area (Å²) in [5.74, 6) is 0. The maximum atomic E-state index is 10.5. The fourth-order valence-corrected chi connectivity index (χ4v) is 4.23. The minimum Gasteiger partial charge on any atom is -0.387 e. The zero-order valence-corrected chi connectivity index (χ0v) is 11.4. The average molecular weight is 289 g/mol. The molecule has 2 rings (SSSR count). The van der Waals surface area contributed by atoms with E-state index in [1.807, 2.05) is 6.07 Å². The standard InChI is InChI=1S/C12H17BrOS/c1-2-12(7-3-4-8-12)11(14)9-5-6-10(13)15-9/h5-6,11,14H,2-4,7-8H2,1H3. The van der Waals surface area contributed by atoms with E-state index >= 15 is 0 Å². The second-order valence-corrected chi connectivity index (χ2v) is 6.96. The highest BCUT2D eigenvalue weighted by molar-refractivity contribution is 9.11. The molecule has 1 fully saturated rings. The molecule has 0 amide bonds. The number of aliphatic hydroxyl groups excluding tert-OH is 1. The van der Waals surface area contributed by atoms with Gasteiger partial charge in [-0.3, -0.25) is 0 Å². The first kappa shape index (κ1) is 11.6. The van der Waals surface area contributed by atoms with Crippen molar-refractivity contribution < 1.29 is 5.11 Å². The SMILES string of the molecule is CCC1(C(O)c2ccc(Br)s2)CCCC1. The van der Waals surface area contributed by atoms with Gasteiger partial charge in [-0.25, -0.2) is 0 Å². The van der Waals surface area contributed by atoms with Crippen molar-refractivity contribution in [3.63, 3.8) is 0 Å². The molecule has 0 bridgehead atoms. The van der Waals surface area contributed by atoms with E-state index in [1.54, 1.807) is 11.3 Å². The maximum absolute atomic E-state index is 10.5. The Bertz CT molecular complexity index is 328. The number of hydrogen-bond acceptors (Lipinski definition) is 2. The lowest BCUT2D eigenvalue weighted by Crippen LogP contribution is -2.24. The highest BCUT2D eigenvalue weighted by Crippen LogP contribution is 2.51. The van der Waals surface area contributed by atoms with Crippen LogP contribution in [0.3, 0.4) is 0 Å². The number of aliphatic hydroxyl groups is 1. The largest absolute Gasteiger partial charge is 0.387 e. The minimum absolute atomic E-state index is 0.157. The summed E-state index contributed by atoms with van der Waals surface area (Å²) in [7, 11) is 0. The zero-order valence-electron chi connectivity index (χ0n) is 9.00. The van der Waals surface area contributed by atoms with Crippen LogP contribution in [-0.2, 0) is 0 Å². The van der Waals surface area contributed by atoms with E-state index in [9.17, 15) is 5.11 Å². The monoisotopic (exact) mass is 288 g/mol. The van der Waals surface area contributed by atoms with Crippen LogP contribution in [0, 0.1) is 5.41 Å². The van der Waals surface area contributed by atoms with Crippen LogP contribution < -0.4 is 0 Å². The molecule has 1 aromatic heterocycles. The summed E-state index contributed by atoms with van der Waals surface area (Å²) >= 11 is 5.12. The van der Waals surface area contributed by atoms with Crippen LogP contribution in [-0.4, -0.2) is 5.11 Å². The summed E-state index contributed by atoms with van der Waals surface area (Å²) in [6, 6.07) is 4.08. The normalized spacial score (nSPS) is 21.8. The fraction of sp³-hybridized carbons (Fsp3) is 0.667. The van der Waals surface area contributed by atoms with E-state index in [-0.39, 0.29) is 11.5 Å². The van der Waals surface area contributed by atoms with Crippen molar-refractivity contribution in [2.75, 3.05) is 0 Å². The lowest BCUT2D eigenvalue weighted by atomic mass is 9.77. The van der Waals surface area contributed by atoms with Crippen LogP contribution in [0.25, 0.3) is 0 Å². The van der Waals surface area contributed by atoms with E-state index in [0.717, 1.165) is 15.1 Å². The Morgan fingerprint density at radius 2 is 2.13 bits per heavy atom. The highest BCUT2D eigenvalue weighted by Gasteiger charge is 2.40. The average Bonchev–Trinajstić information content (AvgIpc) is 2.86. The lowest BCUT2D eigenvalue weighted by Gasteiger charge is -2.32. The molecule has 15 heavy (non-hydrogen) atoms. The summed E-state index contributed by atoms with van der Waals surface area (Å²) in [4.78, 5) is 1.12. The van der Waals surface area contributed by atoms with Gasteiger partial charge >= 0.3 is 0 Å². The van der Waals surface area contributed by atoms with Gasteiger partial charge in [-0.2, -0.15) is 0 Å². The summed E-state index contributed by atoms with van der Waals surface area (Å²) in [5, 5.41) is 10.5. The van der Waals surface area contributed by atoms with Gasteiger partial charge < -0.3 is 5.11 Å². The fourth-order valence-electron chi connectivity index (χ4n) is 2.68. The number of hydrogen-bond donors (Lipinski definition) is 1.